The molecule has 1 aromatic rings. The molecule has 4 heteroatoms. The van der Waals surface area contributed by atoms with Crippen LogP contribution in [-0.4, -0.2) is 24.3 Å². The van der Waals surface area contributed by atoms with Gasteiger partial charge in [0.05, 0.1) is 11.8 Å². The van der Waals surface area contributed by atoms with Crippen LogP contribution < -0.4 is 10.6 Å². The summed E-state index contributed by atoms with van der Waals surface area (Å²) in [5.74, 6) is 1.12. The molecule has 0 radical (unpaired) electrons. The maximum absolute atomic E-state index is 10.00. The summed E-state index contributed by atoms with van der Waals surface area (Å²) in [6.07, 6.45) is 2.04. The van der Waals surface area contributed by atoms with E-state index in [0.29, 0.717) is 11.8 Å². The fourth-order valence-corrected chi connectivity index (χ4v) is 4.14. The van der Waals surface area contributed by atoms with E-state index in [1.807, 2.05) is 6.92 Å². The Morgan fingerprint density at radius 2 is 2.16 bits per heavy atom. The molecule has 1 aromatic carbocycles. The van der Waals surface area contributed by atoms with Crippen molar-refractivity contribution < 1.29 is 5.11 Å². The van der Waals surface area contributed by atoms with Crippen molar-refractivity contribution in [2.24, 2.45) is 17.6 Å². The molecule has 1 aliphatic heterocycles. The Balaban J connectivity index is 1.80. The Morgan fingerprint density at radius 1 is 1.37 bits per heavy atom. The van der Waals surface area contributed by atoms with E-state index < -0.39 is 0 Å². The number of halogens is 1. The van der Waals surface area contributed by atoms with Crippen LogP contribution in [0.15, 0.2) is 22.7 Å². The molecule has 2 fully saturated rings. The van der Waals surface area contributed by atoms with E-state index in [9.17, 15) is 5.11 Å². The second-order valence-electron chi connectivity index (χ2n) is 5.97. The molecule has 104 valence electrons. The quantitative estimate of drug-likeness (QED) is 0.879. The topological polar surface area (TPSA) is 49.5 Å². The van der Waals surface area contributed by atoms with Crippen molar-refractivity contribution in [2.75, 3.05) is 18.0 Å². The maximum Gasteiger partial charge on any atom is 0.0588 e. The van der Waals surface area contributed by atoms with Crippen molar-refractivity contribution in [1.29, 1.82) is 0 Å². The predicted octanol–water partition coefficient (Wildman–Crippen LogP) is 2.68. The molecule has 3 N–H and O–H groups in total. The zero-order valence-corrected chi connectivity index (χ0v) is 12.8. The van der Waals surface area contributed by atoms with Crippen LogP contribution in [0.1, 0.15) is 31.4 Å². The molecule has 0 aromatic heterocycles. The Bertz CT molecular complexity index is 477. The molecule has 3 nitrogen and oxygen atoms in total. The minimum absolute atomic E-state index is 0.0603. The molecule has 0 bridgehead atoms. The van der Waals surface area contributed by atoms with Gasteiger partial charge < -0.3 is 15.7 Å². The van der Waals surface area contributed by atoms with Gasteiger partial charge in [0, 0.05) is 29.5 Å². The molecular weight excluding hydrogens is 304 g/mol. The second kappa shape index (κ2) is 5.08. The van der Waals surface area contributed by atoms with Gasteiger partial charge in [0.2, 0.25) is 0 Å². The molecular formula is C15H21BrN2O. The average Bonchev–Trinajstić information content (AvgIpc) is 2.92. The Kier molecular flexibility index (Phi) is 3.58. The molecule has 1 saturated carbocycles. The lowest BCUT2D eigenvalue weighted by Crippen LogP contribution is -2.24. The summed E-state index contributed by atoms with van der Waals surface area (Å²) in [5, 5.41) is 10.00. The highest BCUT2D eigenvalue weighted by atomic mass is 79.9. The lowest BCUT2D eigenvalue weighted by atomic mass is 10.00. The van der Waals surface area contributed by atoms with Gasteiger partial charge in [-0.3, -0.25) is 0 Å². The highest BCUT2D eigenvalue weighted by Crippen LogP contribution is 2.41. The van der Waals surface area contributed by atoms with Crippen LogP contribution in [0.25, 0.3) is 0 Å². The molecule has 1 saturated heterocycles. The molecule has 4 atom stereocenters. The minimum Gasteiger partial charge on any atom is -0.393 e. The van der Waals surface area contributed by atoms with Crippen molar-refractivity contribution >= 4 is 21.6 Å². The van der Waals surface area contributed by atoms with E-state index >= 15 is 0 Å². The highest BCUT2D eigenvalue weighted by Gasteiger charge is 2.42. The van der Waals surface area contributed by atoms with Crippen molar-refractivity contribution in [1.82, 2.24) is 0 Å². The van der Waals surface area contributed by atoms with Crippen molar-refractivity contribution in [3.63, 3.8) is 0 Å². The summed E-state index contributed by atoms with van der Waals surface area (Å²) in [4.78, 5) is 2.40. The second-order valence-corrected chi connectivity index (χ2v) is 6.83. The Morgan fingerprint density at radius 3 is 2.79 bits per heavy atom. The van der Waals surface area contributed by atoms with Crippen LogP contribution in [0.3, 0.4) is 0 Å². The van der Waals surface area contributed by atoms with Crippen LogP contribution in [0.5, 0.6) is 0 Å². The first-order chi connectivity index (χ1) is 9.06. The van der Waals surface area contributed by atoms with Crippen LogP contribution >= 0.6 is 15.9 Å². The standard InChI is InChI=1S/C15H21BrN2O/c1-9(17)10-2-4-14(13(16)6-10)18-7-11-3-5-15(19)12(11)8-18/h2,4,6,9,11-12,15,19H,3,5,7-8,17H2,1H3/t9-,11?,12?,15?/m1/s1. The smallest absolute Gasteiger partial charge is 0.0588 e. The molecule has 2 aliphatic rings. The molecule has 1 aliphatic carbocycles. The first kappa shape index (κ1) is 13.4. The summed E-state index contributed by atoms with van der Waals surface area (Å²) in [6.45, 7) is 4.04. The summed E-state index contributed by atoms with van der Waals surface area (Å²) in [7, 11) is 0. The maximum atomic E-state index is 10.00. The average molecular weight is 325 g/mol. The number of aliphatic hydroxyl groups excluding tert-OH is 1. The lowest BCUT2D eigenvalue weighted by Gasteiger charge is -2.22. The van der Waals surface area contributed by atoms with E-state index in [2.05, 4.69) is 39.0 Å². The number of nitrogens with two attached hydrogens (primary N) is 1. The van der Waals surface area contributed by atoms with Crippen molar-refractivity contribution in [3.05, 3.63) is 28.2 Å². The van der Waals surface area contributed by atoms with Gasteiger partial charge in [-0.15, -0.1) is 0 Å². The van der Waals surface area contributed by atoms with Gasteiger partial charge in [-0.2, -0.15) is 0 Å². The SMILES string of the molecule is C[C@@H](N)c1ccc(N2CC3CCC(O)C3C2)c(Br)c1. The van der Waals surface area contributed by atoms with Crippen molar-refractivity contribution in [2.45, 2.75) is 31.9 Å². The largest absolute Gasteiger partial charge is 0.393 e. The van der Waals surface area contributed by atoms with Gasteiger partial charge in [-0.1, -0.05) is 6.07 Å². The summed E-state index contributed by atoms with van der Waals surface area (Å²) in [6, 6.07) is 6.43. The molecule has 0 amide bonds. The van der Waals surface area contributed by atoms with Gasteiger partial charge >= 0.3 is 0 Å². The van der Waals surface area contributed by atoms with Gasteiger partial charge in [0.1, 0.15) is 0 Å². The number of aliphatic hydroxyl groups is 1. The summed E-state index contributed by atoms with van der Waals surface area (Å²) >= 11 is 3.66. The van der Waals surface area contributed by atoms with Crippen LogP contribution in [-0.2, 0) is 0 Å². The first-order valence-electron chi connectivity index (χ1n) is 7.04. The third-order valence-corrected chi connectivity index (χ3v) is 5.29. The number of hydrogen-bond acceptors (Lipinski definition) is 3. The number of hydrogen-bond donors (Lipinski definition) is 2. The summed E-state index contributed by atoms with van der Waals surface area (Å²) in [5.41, 5.74) is 8.29. The molecule has 0 spiro atoms. The van der Waals surface area contributed by atoms with Gasteiger partial charge in [-0.25, -0.2) is 0 Å². The van der Waals surface area contributed by atoms with Crippen LogP contribution in [0.2, 0.25) is 0 Å². The molecule has 1 heterocycles. The number of benzene rings is 1. The molecule has 19 heavy (non-hydrogen) atoms. The third kappa shape index (κ3) is 2.41. The van der Waals surface area contributed by atoms with Gasteiger partial charge in [0.15, 0.2) is 0 Å². The van der Waals surface area contributed by atoms with E-state index in [1.165, 1.54) is 5.69 Å². The third-order valence-electron chi connectivity index (χ3n) is 4.66. The predicted molar refractivity (Wildman–Crippen MR) is 81.2 cm³/mol. The fraction of sp³-hybridized carbons (Fsp3) is 0.600. The fourth-order valence-electron chi connectivity index (χ4n) is 3.50. The zero-order valence-electron chi connectivity index (χ0n) is 11.2. The monoisotopic (exact) mass is 324 g/mol. The van der Waals surface area contributed by atoms with Gasteiger partial charge in [-0.05, 0) is 59.3 Å². The van der Waals surface area contributed by atoms with E-state index in [0.717, 1.165) is 36.0 Å². The van der Waals surface area contributed by atoms with Crippen LogP contribution in [0, 0.1) is 11.8 Å². The van der Waals surface area contributed by atoms with E-state index in [1.54, 1.807) is 0 Å². The highest BCUT2D eigenvalue weighted by molar-refractivity contribution is 9.10. The van der Waals surface area contributed by atoms with Crippen molar-refractivity contribution in [3.8, 4) is 0 Å². The number of nitrogens with zero attached hydrogens (tertiary/aromatic N) is 1. The lowest BCUT2D eigenvalue weighted by molar-refractivity contribution is 0.133. The number of fused-ring (bicyclic) bond motifs is 1. The van der Waals surface area contributed by atoms with Crippen LogP contribution in [0.4, 0.5) is 5.69 Å². The molecule has 3 rings (SSSR count). The van der Waals surface area contributed by atoms with E-state index in [-0.39, 0.29) is 12.1 Å². The zero-order chi connectivity index (χ0) is 13.6. The normalized spacial score (nSPS) is 31.6. The van der Waals surface area contributed by atoms with Gasteiger partial charge in [0.25, 0.3) is 0 Å². The summed E-state index contributed by atoms with van der Waals surface area (Å²) < 4.78 is 1.11. The number of rotatable bonds is 2. The Labute approximate surface area is 122 Å². The Hall–Kier alpha value is -0.580. The first-order valence-corrected chi connectivity index (χ1v) is 7.83. The van der Waals surface area contributed by atoms with E-state index in [4.69, 9.17) is 5.73 Å². The molecule has 3 unspecified atom stereocenters. The minimum atomic E-state index is -0.0999. The number of anilines is 1.